The van der Waals surface area contributed by atoms with Gasteiger partial charge in [0.25, 0.3) is 5.91 Å². The van der Waals surface area contributed by atoms with E-state index in [1.807, 2.05) is 0 Å². The van der Waals surface area contributed by atoms with Gasteiger partial charge in [0.15, 0.2) is 6.61 Å². The monoisotopic (exact) mass is 421 g/mol. The van der Waals surface area contributed by atoms with E-state index in [-0.39, 0.29) is 29.5 Å². The topological polar surface area (TPSA) is 88.6 Å². The Bertz CT molecular complexity index is 970. The summed E-state index contributed by atoms with van der Waals surface area (Å²) in [5, 5.41) is 0.537. The van der Waals surface area contributed by atoms with Crippen molar-refractivity contribution in [1.29, 1.82) is 0 Å². The van der Waals surface area contributed by atoms with Crippen LogP contribution in [-0.4, -0.2) is 49.4 Å². The molecule has 2 aliphatic rings. The standard InChI is InChI=1S/C19H20ClN3O4S/c20-14-3-1-4-15(9-14)27-12-19(24)23-11-13-7-17(18(23)8-13)22-28(25,26)16-5-2-6-21-10-16/h1-6,9-10,13,17-18,22H,7-8,11-12H2. The molecule has 1 amide bonds. The summed E-state index contributed by atoms with van der Waals surface area (Å²) in [5.74, 6) is 0.665. The first-order valence-electron chi connectivity index (χ1n) is 9.02. The van der Waals surface area contributed by atoms with Gasteiger partial charge in [0.05, 0.1) is 0 Å². The highest BCUT2D eigenvalue weighted by Crippen LogP contribution is 2.38. The lowest BCUT2D eigenvalue weighted by molar-refractivity contribution is -0.135. The summed E-state index contributed by atoms with van der Waals surface area (Å²) in [5.41, 5.74) is 0. The molecule has 28 heavy (non-hydrogen) atoms. The number of rotatable bonds is 6. The fraction of sp³-hybridized carbons (Fsp3) is 0.368. The van der Waals surface area contributed by atoms with Crippen LogP contribution in [0.2, 0.25) is 5.02 Å². The molecule has 1 aliphatic carbocycles. The van der Waals surface area contributed by atoms with Crippen LogP contribution in [0.25, 0.3) is 0 Å². The summed E-state index contributed by atoms with van der Waals surface area (Å²) in [4.78, 5) is 18.4. The molecule has 0 radical (unpaired) electrons. The van der Waals surface area contributed by atoms with E-state index in [1.54, 1.807) is 35.2 Å². The van der Waals surface area contributed by atoms with Crippen LogP contribution in [0.5, 0.6) is 5.75 Å². The van der Waals surface area contributed by atoms with E-state index in [1.165, 1.54) is 18.5 Å². The first-order valence-corrected chi connectivity index (χ1v) is 10.9. The number of nitrogens with one attached hydrogen (secondary N) is 1. The predicted molar refractivity (Wildman–Crippen MR) is 104 cm³/mol. The molecular weight excluding hydrogens is 402 g/mol. The predicted octanol–water partition coefficient (Wildman–Crippen LogP) is 2.08. The van der Waals surface area contributed by atoms with Gasteiger partial charge in [0, 0.05) is 36.0 Å². The number of fused-ring (bicyclic) bond motifs is 2. The minimum atomic E-state index is -3.67. The molecule has 1 N–H and O–H groups in total. The van der Waals surface area contributed by atoms with E-state index in [0.29, 0.717) is 23.2 Å². The van der Waals surface area contributed by atoms with E-state index < -0.39 is 10.0 Å². The van der Waals surface area contributed by atoms with Gasteiger partial charge in [0.2, 0.25) is 10.0 Å². The molecule has 3 unspecified atom stereocenters. The Morgan fingerprint density at radius 2 is 2.14 bits per heavy atom. The molecule has 2 bridgehead atoms. The Hall–Kier alpha value is -2.16. The van der Waals surface area contributed by atoms with Crippen molar-refractivity contribution in [2.75, 3.05) is 13.2 Å². The second kappa shape index (κ2) is 7.69. The van der Waals surface area contributed by atoms with Crippen molar-refractivity contribution in [3.63, 3.8) is 0 Å². The lowest BCUT2D eigenvalue weighted by Crippen LogP contribution is -2.52. The van der Waals surface area contributed by atoms with E-state index in [2.05, 4.69) is 9.71 Å². The van der Waals surface area contributed by atoms with Crippen LogP contribution in [0.1, 0.15) is 12.8 Å². The summed E-state index contributed by atoms with van der Waals surface area (Å²) in [6.07, 6.45) is 4.36. The van der Waals surface area contributed by atoms with Crippen LogP contribution in [-0.2, 0) is 14.8 Å². The quantitative estimate of drug-likeness (QED) is 0.771. The Morgan fingerprint density at radius 1 is 1.29 bits per heavy atom. The Kier molecular flexibility index (Phi) is 5.27. The molecule has 2 heterocycles. The Morgan fingerprint density at radius 3 is 2.86 bits per heavy atom. The van der Waals surface area contributed by atoms with Gasteiger partial charge in [0.1, 0.15) is 10.6 Å². The van der Waals surface area contributed by atoms with Crippen molar-refractivity contribution in [2.45, 2.75) is 29.8 Å². The van der Waals surface area contributed by atoms with Crippen LogP contribution >= 0.6 is 11.6 Å². The zero-order valence-corrected chi connectivity index (χ0v) is 16.6. The molecule has 1 aromatic heterocycles. The van der Waals surface area contributed by atoms with Gasteiger partial charge in [-0.1, -0.05) is 17.7 Å². The maximum atomic E-state index is 12.7. The molecule has 3 atom stereocenters. The number of hydrogen-bond acceptors (Lipinski definition) is 5. The molecule has 1 aliphatic heterocycles. The van der Waals surface area contributed by atoms with Gasteiger partial charge in [-0.25, -0.2) is 13.1 Å². The highest BCUT2D eigenvalue weighted by Gasteiger charge is 2.48. The molecule has 2 fully saturated rings. The fourth-order valence-corrected chi connectivity index (χ4v) is 5.42. The first kappa shape index (κ1) is 19.2. The second-order valence-corrected chi connectivity index (χ2v) is 9.26. The van der Waals surface area contributed by atoms with Crippen LogP contribution in [0.3, 0.4) is 0 Å². The number of carbonyl (C=O) groups is 1. The summed E-state index contributed by atoms with van der Waals surface area (Å²) in [7, 11) is -3.67. The third kappa shape index (κ3) is 3.99. The van der Waals surface area contributed by atoms with Crippen molar-refractivity contribution in [2.24, 2.45) is 5.92 Å². The third-order valence-electron chi connectivity index (χ3n) is 5.21. The van der Waals surface area contributed by atoms with Crippen molar-refractivity contribution in [3.05, 3.63) is 53.8 Å². The number of amides is 1. The van der Waals surface area contributed by atoms with Gasteiger partial charge in [-0.3, -0.25) is 9.78 Å². The largest absolute Gasteiger partial charge is 0.484 e. The number of carbonyl (C=O) groups excluding carboxylic acids is 1. The smallest absolute Gasteiger partial charge is 0.260 e. The number of hydrogen-bond donors (Lipinski definition) is 1. The zero-order valence-electron chi connectivity index (χ0n) is 15.0. The summed E-state index contributed by atoms with van der Waals surface area (Å²) < 4.78 is 33.5. The first-order chi connectivity index (χ1) is 13.4. The number of nitrogens with zero attached hydrogens (tertiary/aromatic N) is 2. The minimum Gasteiger partial charge on any atom is -0.484 e. The van der Waals surface area contributed by atoms with E-state index in [4.69, 9.17) is 16.3 Å². The van der Waals surface area contributed by atoms with Crippen molar-refractivity contribution < 1.29 is 17.9 Å². The van der Waals surface area contributed by atoms with Gasteiger partial charge in [-0.2, -0.15) is 0 Å². The van der Waals surface area contributed by atoms with Crippen molar-refractivity contribution in [1.82, 2.24) is 14.6 Å². The summed E-state index contributed by atoms with van der Waals surface area (Å²) in [6.45, 7) is 0.527. The number of halogens is 1. The van der Waals surface area contributed by atoms with E-state index >= 15 is 0 Å². The molecule has 1 saturated heterocycles. The number of aromatic nitrogens is 1. The fourth-order valence-electron chi connectivity index (χ4n) is 4.00. The summed E-state index contributed by atoms with van der Waals surface area (Å²) >= 11 is 5.92. The normalized spacial score (nSPS) is 23.8. The Labute approximate surface area is 168 Å². The van der Waals surface area contributed by atoms with E-state index in [9.17, 15) is 13.2 Å². The molecular formula is C19H20ClN3O4S. The summed E-state index contributed by atoms with van der Waals surface area (Å²) in [6, 6.07) is 9.49. The van der Waals surface area contributed by atoms with Crippen LogP contribution < -0.4 is 9.46 Å². The average molecular weight is 422 g/mol. The van der Waals surface area contributed by atoms with Gasteiger partial charge in [-0.15, -0.1) is 0 Å². The van der Waals surface area contributed by atoms with Crippen molar-refractivity contribution >= 4 is 27.5 Å². The second-order valence-electron chi connectivity index (χ2n) is 7.11. The number of pyridine rings is 1. The highest BCUT2D eigenvalue weighted by molar-refractivity contribution is 7.89. The lowest BCUT2D eigenvalue weighted by atomic mass is 10.1. The number of benzene rings is 1. The van der Waals surface area contributed by atoms with Gasteiger partial charge in [-0.05, 0) is 49.1 Å². The molecule has 7 nitrogen and oxygen atoms in total. The number of piperidine rings is 1. The van der Waals surface area contributed by atoms with Crippen LogP contribution in [0.15, 0.2) is 53.7 Å². The molecule has 9 heteroatoms. The zero-order chi connectivity index (χ0) is 19.7. The van der Waals surface area contributed by atoms with Gasteiger partial charge >= 0.3 is 0 Å². The van der Waals surface area contributed by atoms with Crippen LogP contribution in [0.4, 0.5) is 0 Å². The molecule has 2 aromatic rings. The minimum absolute atomic E-state index is 0.106. The third-order valence-corrected chi connectivity index (χ3v) is 6.92. The number of likely N-dealkylation sites (tertiary alicyclic amines) is 1. The number of sulfonamides is 1. The highest BCUT2D eigenvalue weighted by atomic mass is 35.5. The lowest BCUT2D eigenvalue weighted by Gasteiger charge is -2.33. The molecule has 1 saturated carbocycles. The Balaban J connectivity index is 1.40. The molecule has 4 rings (SSSR count). The maximum absolute atomic E-state index is 12.7. The molecule has 1 aromatic carbocycles. The number of ether oxygens (including phenoxy) is 1. The SMILES string of the molecule is O=C(COc1cccc(Cl)c1)N1CC2CC(NS(=O)(=O)c3cccnc3)C1C2. The maximum Gasteiger partial charge on any atom is 0.260 e. The van der Waals surface area contributed by atoms with Crippen LogP contribution in [0, 0.1) is 5.92 Å². The van der Waals surface area contributed by atoms with Crippen molar-refractivity contribution in [3.8, 4) is 5.75 Å². The molecule has 0 spiro atoms. The van der Waals surface area contributed by atoms with Gasteiger partial charge < -0.3 is 9.64 Å². The average Bonchev–Trinajstić information content (AvgIpc) is 3.27. The van der Waals surface area contributed by atoms with E-state index in [0.717, 1.165) is 12.8 Å². The molecule has 148 valence electrons.